The standard InChI is InChI=1S/C10H18O3.ClH.H3N/c1-7(9(12)13)5-6-8(11)10(2,3)4;;/h5,8,11H,6H2,1-4H3,(H,12,13);1H;1H3. The molecule has 0 aliphatic rings. The van der Waals surface area contributed by atoms with Crippen LogP contribution in [0.15, 0.2) is 11.6 Å². The summed E-state index contributed by atoms with van der Waals surface area (Å²) in [5, 5.41) is 18.1. The van der Waals surface area contributed by atoms with Crippen LogP contribution in [0.3, 0.4) is 0 Å². The lowest BCUT2D eigenvalue weighted by molar-refractivity contribution is -0.132. The van der Waals surface area contributed by atoms with Crippen LogP contribution in [0.1, 0.15) is 34.1 Å². The first-order valence-electron chi connectivity index (χ1n) is 4.33. The molecule has 5 N–H and O–H groups in total. The largest absolute Gasteiger partial charge is 0.478 e. The van der Waals surface area contributed by atoms with Crippen molar-refractivity contribution in [2.24, 2.45) is 5.41 Å². The third-order valence-electron chi connectivity index (χ3n) is 1.98. The van der Waals surface area contributed by atoms with Crippen molar-refractivity contribution in [1.82, 2.24) is 6.15 Å². The van der Waals surface area contributed by atoms with Crippen LogP contribution in [0.25, 0.3) is 0 Å². The highest BCUT2D eigenvalue weighted by atomic mass is 35.5. The van der Waals surface area contributed by atoms with Gasteiger partial charge in [-0.2, -0.15) is 0 Å². The summed E-state index contributed by atoms with van der Waals surface area (Å²) in [6.45, 7) is 7.28. The molecule has 4 nitrogen and oxygen atoms in total. The molecule has 0 fully saturated rings. The summed E-state index contributed by atoms with van der Waals surface area (Å²) < 4.78 is 0. The molecule has 0 saturated carbocycles. The van der Waals surface area contributed by atoms with Gasteiger partial charge in [-0.05, 0) is 18.8 Å². The van der Waals surface area contributed by atoms with Gasteiger partial charge in [0.25, 0.3) is 0 Å². The van der Waals surface area contributed by atoms with Gasteiger partial charge in [0, 0.05) is 5.57 Å². The molecular weight excluding hydrogens is 218 g/mol. The first kappa shape index (κ1) is 19.9. The highest BCUT2D eigenvalue weighted by molar-refractivity contribution is 5.85. The van der Waals surface area contributed by atoms with Gasteiger partial charge in [0.1, 0.15) is 0 Å². The number of aliphatic carboxylic acids is 1. The Labute approximate surface area is 97.4 Å². The molecule has 0 aliphatic carbocycles. The minimum Gasteiger partial charge on any atom is -0.478 e. The Morgan fingerprint density at radius 1 is 1.40 bits per heavy atom. The summed E-state index contributed by atoms with van der Waals surface area (Å²) in [7, 11) is 0. The third-order valence-corrected chi connectivity index (χ3v) is 1.98. The lowest BCUT2D eigenvalue weighted by atomic mass is 9.87. The fourth-order valence-corrected chi connectivity index (χ4v) is 0.729. The van der Waals surface area contributed by atoms with Crippen LogP contribution in [-0.4, -0.2) is 22.3 Å². The van der Waals surface area contributed by atoms with Gasteiger partial charge in [-0.1, -0.05) is 26.8 Å². The van der Waals surface area contributed by atoms with Crippen molar-refractivity contribution in [2.75, 3.05) is 0 Å². The molecule has 15 heavy (non-hydrogen) atoms. The molecule has 92 valence electrons. The predicted molar refractivity (Wildman–Crippen MR) is 63.7 cm³/mol. The van der Waals surface area contributed by atoms with Crippen LogP contribution in [-0.2, 0) is 4.79 Å². The van der Waals surface area contributed by atoms with Crippen molar-refractivity contribution >= 4 is 18.4 Å². The predicted octanol–water partition coefficient (Wildman–Crippen LogP) is 2.40. The van der Waals surface area contributed by atoms with Gasteiger partial charge in [-0.25, -0.2) is 4.79 Å². The molecule has 0 aromatic heterocycles. The fourth-order valence-electron chi connectivity index (χ4n) is 0.729. The highest BCUT2D eigenvalue weighted by Gasteiger charge is 2.20. The number of hydrogen-bond donors (Lipinski definition) is 3. The summed E-state index contributed by atoms with van der Waals surface area (Å²) in [5.74, 6) is -0.930. The zero-order valence-corrected chi connectivity index (χ0v) is 10.6. The zero-order valence-electron chi connectivity index (χ0n) is 9.78. The smallest absolute Gasteiger partial charge is 0.330 e. The van der Waals surface area contributed by atoms with E-state index in [4.69, 9.17) is 5.11 Å². The van der Waals surface area contributed by atoms with E-state index in [0.29, 0.717) is 6.42 Å². The SMILES string of the molecule is CC(=CCC(O)C(C)(C)C)C(=O)O.Cl.N. The molecule has 0 rings (SSSR count). The van der Waals surface area contributed by atoms with Crippen LogP contribution >= 0.6 is 12.4 Å². The van der Waals surface area contributed by atoms with E-state index < -0.39 is 12.1 Å². The molecular formula is C10H22ClNO3. The summed E-state index contributed by atoms with van der Waals surface area (Å²) in [5.41, 5.74) is 0.0817. The minimum atomic E-state index is -0.930. The van der Waals surface area contributed by atoms with Gasteiger partial charge in [0.15, 0.2) is 0 Å². The Bertz CT molecular complexity index is 221. The van der Waals surface area contributed by atoms with Crippen molar-refractivity contribution in [2.45, 2.75) is 40.2 Å². The van der Waals surface area contributed by atoms with Crippen molar-refractivity contribution in [3.05, 3.63) is 11.6 Å². The number of aliphatic hydroxyl groups excluding tert-OH is 1. The van der Waals surface area contributed by atoms with E-state index in [0.717, 1.165) is 0 Å². The zero-order chi connectivity index (χ0) is 10.6. The molecule has 0 heterocycles. The van der Waals surface area contributed by atoms with E-state index >= 15 is 0 Å². The molecule has 0 aromatic rings. The monoisotopic (exact) mass is 239 g/mol. The van der Waals surface area contributed by atoms with Gasteiger partial charge in [0.2, 0.25) is 0 Å². The second kappa shape index (κ2) is 7.68. The first-order chi connectivity index (χ1) is 5.75. The number of hydrogen-bond acceptors (Lipinski definition) is 3. The normalized spacial score (nSPS) is 13.5. The number of carboxylic acid groups (broad SMARTS) is 1. The number of carboxylic acids is 1. The summed E-state index contributed by atoms with van der Waals surface area (Å²) in [6, 6.07) is 0. The van der Waals surface area contributed by atoms with Gasteiger partial charge in [-0.15, -0.1) is 12.4 Å². The topological polar surface area (TPSA) is 92.5 Å². The van der Waals surface area contributed by atoms with Gasteiger partial charge in [0.05, 0.1) is 6.10 Å². The molecule has 5 heteroatoms. The molecule has 0 spiro atoms. The maximum atomic E-state index is 10.4. The molecule has 0 bridgehead atoms. The molecule has 0 saturated heterocycles. The lowest BCUT2D eigenvalue weighted by Crippen LogP contribution is -2.25. The Morgan fingerprint density at radius 3 is 2.07 bits per heavy atom. The Balaban J connectivity index is -0.000000720. The summed E-state index contributed by atoms with van der Waals surface area (Å²) in [6.07, 6.45) is 1.45. The average Bonchev–Trinajstić information content (AvgIpc) is 1.97. The maximum Gasteiger partial charge on any atom is 0.330 e. The van der Waals surface area contributed by atoms with Crippen LogP contribution < -0.4 is 6.15 Å². The molecule has 0 aromatic carbocycles. The van der Waals surface area contributed by atoms with Crippen LogP contribution in [0, 0.1) is 5.41 Å². The van der Waals surface area contributed by atoms with Crippen LogP contribution in [0.2, 0.25) is 0 Å². The van der Waals surface area contributed by atoms with Crippen molar-refractivity contribution in [1.29, 1.82) is 0 Å². The van der Waals surface area contributed by atoms with Gasteiger partial charge < -0.3 is 16.4 Å². The third kappa shape index (κ3) is 8.42. The van der Waals surface area contributed by atoms with Crippen molar-refractivity contribution in [3.8, 4) is 0 Å². The molecule has 0 aliphatic heterocycles. The van der Waals surface area contributed by atoms with E-state index in [1.54, 1.807) is 6.08 Å². The van der Waals surface area contributed by atoms with Crippen molar-refractivity contribution in [3.63, 3.8) is 0 Å². The van der Waals surface area contributed by atoms with Crippen LogP contribution in [0.5, 0.6) is 0 Å². The maximum absolute atomic E-state index is 10.4. The summed E-state index contributed by atoms with van der Waals surface area (Å²) in [4.78, 5) is 10.4. The quantitative estimate of drug-likeness (QED) is 0.660. The minimum absolute atomic E-state index is 0. The lowest BCUT2D eigenvalue weighted by Gasteiger charge is -2.24. The molecule has 0 amide bonds. The fraction of sp³-hybridized carbons (Fsp3) is 0.700. The van der Waals surface area contributed by atoms with Crippen LogP contribution in [0.4, 0.5) is 0 Å². The average molecular weight is 240 g/mol. The Kier molecular flexibility index (Phi) is 10.2. The number of halogens is 1. The van der Waals surface area contributed by atoms with E-state index in [1.165, 1.54) is 6.92 Å². The summed E-state index contributed by atoms with van der Waals surface area (Å²) >= 11 is 0. The number of aliphatic hydroxyl groups is 1. The van der Waals surface area contributed by atoms with E-state index in [1.807, 2.05) is 20.8 Å². The van der Waals surface area contributed by atoms with Gasteiger partial charge in [-0.3, -0.25) is 0 Å². The molecule has 0 radical (unpaired) electrons. The molecule has 1 atom stereocenters. The molecule has 1 unspecified atom stereocenters. The second-order valence-corrected chi connectivity index (χ2v) is 4.31. The highest BCUT2D eigenvalue weighted by Crippen LogP contribution is 2.22. The number of carbonyl (C=O) groups is 1. The first-order valence-corrected chi connectivity index (χ1v) is 4.33. The van der Waals surface area contributed by atoms with E-state index in [2.05, 4.69) is 0 Å². The van der Waals surface area contributed by atoms with Crippen molar-refractivity contribution < 1.29 is 15.0 Å². The Hall–Kier alpha value is -0.580. The second-order valence-electron chi connectivity index (χ2n) is 4.31. The van der Waals surface area contributed by atoms with Gasteiger partial charge >= 0.3 is 5.97 Å². The van der Waals surface area contributed by atoms with E-state index in [9.17, 15) is 9.90 Å². The number of rotatable bonds is 3. The van der Waals surface area contributed by atoms with E-state index in [-0.39, 0.29) is 29.5 Å². The Morgan fingerprint density at radius 2 is 1.80 bits per heavy atom.